The first kappa shape index (κ1) is 16.6. The van der Waals surface area contributed by atoms with Crippen molar-refractivity contribution in [2.75, 3.05) is 5.32 Å². The zero-order chi connectivity index (χ0) is 15.4. The van der Waals surface area contributed by atoms with E-state index in [1.807, 2.05) is 12.1 Å². The van der Waals surface area contributed by atoms with Gasteiger partial charge in [-0.1, -0.05) is 29.3 Å². The minimum Gasteiger partial charge on any atom is -0.322 e. The van der Waals surface area contributed by atoms with Gasteiger partial charge in [0.25, 0.3) is 0 Å². The molecule has 0 aliphatic carbocycles. The van der Waals surface area contributed by atoms with E-state index in [2.05, 4.69) is 37.2 Å². The molecule has 2 rings (SSSR count). The van der Waals surface area contributed by atoms with Crippen LogP contribution in [0.15, 0.2) is 51.4 Å². The number of nitrogens with one attached hydrogen (secondary N) is 1. The van der Waals surface area contributed by atoms with E-state index in [4.69, 9.17) is 23.2 Å². The number of carbonyl (C=O) groups is 1. The third-order valence-corrected chi connectivity index (χ3v) is 5.18. The Morgan fingerprint density at radius 3 is 2.43 bits per heavy atom. The molecule has 0 atom stereocenters. The number of hydrogen-bond donors (Lipinski definition) is 1. The summed E-state index contributed by atoms with van der Waals surface area (Å²) >= 11 is 18.5. The van der Waals surface area contributed by atoms with Crippen molar-refractivity contribution in [2.45, 2.75) is 0 Å². The van der Waals surface area contributed by atoms with Crippen molar-refractivity contribution in [3.05, 3.63) is 67.0 Å². The van der Waals surface area contributed by atoms with Gasteiger partial charge in [-0.2, -0.15) is 0 Å². The Morgan fingerprint density at radius 2 is 1.76 bits per heavy atom. The summed E-state index contributed by atoms with van der Waals surface area (Å²) in [4.78, 5) is 11.8. The van der Waals surface area contributed by atoms with Crippen molar-refractivity contribution in [1.82, 2.24) is 0 Å². The lowest BCUT2D eigenvalue weighted by atomic mass is 10.2. The summed E-state index contributed by atoms with van der Waals surface area (Å²) < 4.78 is 1.79. The minimum absolute atomic E-state index is 0.227. The number of carbonyl (C=O) groups excluding carboxylic acids is 1. The second-order valence-electron chi connectivity index (χ2n) is 4.13. The monoisotopic (exact) mass is 447 g/mol. The van der Waals surface area contributed by atoms with Crippen LogP contribution >= 0.6 is 55.1 Å². The first-order valence-corrected chi connectivity index (χ1v) is 8.19. The third kappa shape index (κ3) is 4.85. The molecule has 0 aromatic heterocycles. The number of rotatable bonds is 3. The van der Waals surface area contributed by atoms with Crippen molar-refractivity contribution in [1.29, 1.82) is 0 Å². The quantitative estimate of drug-likeness (QED) is 0.558. The maximum atomic E-state index is 11.8. The smallest absolute Gasteiger partial charge is 0.248 e. The van der Waals surface area contributed by atoms with Gasteiger partial charge in [0.1, 0.15) is 0 Å². The van der Waals surface area contributed by atoms with Gasteiger partial charge >= 0.3 is 0 Å². The topological polar surface area (TPSA) is 29.1 Å². The molecular weight excluding hydrogens is 441 g/mol. The minimum atomic E-state index is -0.227. The molecule has 0 fully saturated rings. The molecule has 0 radical (unpaired) electrons. The standard InChI is InChI=1S/C15H9Br2Cl2NO/c16-11-4-3-10(8-12(11)17)20-15(21)6-2-9-1-5-13(18)14(19)7-9/h1-8H,(H,20,21)/b6-2+. The predicted molar refractivity (Wildman–Crippen MR) is 96.0 cm³/mol. The number of hydrogen-bond acceptors (Lipinski definition) is 1. The average Bonchev–Trinajstić information content (AvgIpc) is 2.44. The van der Waals surface area contributed by atoms with Crippen LogP contribution in [0.1, 0.15) is 5.56 Å². The average molecular weight is 450 g/mol. The maximum absolute atomic E-state index is 11.8. The van der Waals surface area contributed by atoms with Crippen molar-refractivity contribution < 1.29 is 4.79 Å². The van der Waals surface area contributed by atoms with Gasteiger partial charge in [0.05, 0.1) is 10.0 Å². The molecular formula is C15H9Br2Cl2NO. The summed E-state index contributed by atoms with van der Waals surface area (Å²) in [6.45, 7) is 0. The van der Waals surface area contributed by atoms with Crippen molar-refractivity contribution in [3.8, 4) is 0 Å². The molecule has 6 heteroatoms. The Labute approximate surface area is 149 Å². The Kier molecular flexibility index (Phi) is 5.88. The SMILES string of the molecule is O=C(/C=C/c1ccc(Cl)c(Cl)c1)Nc1ccc(Br)c(Br)c1. The molecule has 0 saturated heterocycles. The van der Waals surface area contributed by atoms with E-state index in [0.29, 0.717) is 15.7 Å². The van der Waals surface area contributed by atoms with Gasteiger partial charge in [0, 0.05) is 20.7 Å². The van der Waals surface area contributed by atoms with Gasteiger partial charge in [-0.05, 0) is 73.8 Å². The molecule has 0 saturated carbocycles. The van der Waals surface area contributed by atoms with Gasteiger partial charge in [-0.25, -0.2) is 0 Å². The van der Waals surface area contributed by atoms with Crippen molar-refractivity contribution in [3.63, 3.8) is 0 Å². The van der Waals surface area contributed by atoms with Gasteiger partial charge < -0.3 is 5.32 Å². The Hall–Kier alpha value is -0.810. The molecule has 0 spiro atoms. The molecule has 0 bridgehead atoms. The molecule has 0 aliphatic rings. The summed E-state index contributed by atoms with van der Waals surface area (Å²) in [6, 6.07) is 10.6. The van der Waals surface area contributed by atoms with E-state index < -0.39 is 0 Å². The van der Waals surface area contributed by atoms with Gasteiger partial charge in [0.15, 0.2) is 0 Å². The lowest BCUT2D eigenvalue weighted by Gasteiger charge is -2.04. The van der Waals surface area contributed by atoms with Gasteiger partial charge in [0.2, 0.25) is 5.91 Å². The van der Waals surface area contributed by atoms with E-state index in [1.54, 1.807) is 30.3 Å². The van der Waals surface area contributed by atoms with Crippen LogP contribution in [0.3, 0.4) is 0 Å². The highest BCUT2D eigenvalue weighted by atomic mass is 79.9. The molecule has 21 heavy (non-hydrogen) atoms. The van der Waals surface area contributed by atoms with E-state index >= 15 is 0 Å². The van der Waals surface area contributed by atoms with Crippen LogP contribution in [0.2, 0.25) is 10.0 Å². The molecule has 0 aliphatic heterocycles. The van der Waals surface area contributed by atoms with Crippen molar-refractivity contribution in [2.24, 2.45) is 0 Å². The van der Waals surface area contributed by atoms with Crippen LogP contribution in [-0.4, -0.2) is 5.91 Å². The lowest BCUT2D eigenvalue weighted by Crippen LogP contribution is -2.07. The predicted octanol–water partition coefficient (Wildman–Crippen LogP) is 6.17. The second kappa shape index (κ2) is 7.45. The van der Waals surface area contributed by atoms with E-state index in [-0.39, 0.29) is 5.91 Å². The van der Waals surface area contributed by atoms with E-state index in [9.17, 15) is 4.79 Å². The summed E-state index contributed by atoms with van der Waals surface area (Å²) in [7, 11) is 0. The van der Waals surface area contributed by atoms with Crippen LogP contribution in [0.25, 0.3) is 6.08 Å². The number of benzene rings is 2. The Bertz CT molecular complexity index is 717. The fourth-order valence-electron chi connectivity index (χ4n) is 1.55. The molecule has 0 heterocycles. The zero-order valence-corrected chi connectivity index (χ0v) is 15.2. The van der Waals surface area contributed by atoms with Gasteiger partial charge in [-0.3, -0.25) is 4.79 Å². The number of anilines is 1. The number of halogens is 4. The highest BCUT2D eigenvalue weighted by Crippen LogP contribution is 2.26. The lowest BCUT2D eigenvalue weighted by molar-refractivity contribution is -0.111. The van der Waals surface area contributed by atoms with Crippen LogP contribution in [0.4, 0.5) is 5.69 Å². The molecule has 0 unspecified atom stereocenters. The van der Waals surface area contributed by atoms with E-state index in [0.717, 1.165) is 14.5 Å². The summed E-state index contributed by atoms with van der Waals surface area (Å²) in [5.74, 6) is -0.227. The second-order valence-corrected chi connectivity index (χ2v) is 6.65. The summed E-state index contributed by atoms with van der Waals surface area (Å²) in [6.07, 6.45) is 3.11. The van der Waals surface area contributed by atoms with E-state index in [1.165, 1.54) is 6.08 Å². The zero-order valence-electron chi connectivity index (χ0n) is 10.5. The fourth-order valence-corrected chi connectivity index (χ4v) is 2.48. The Balaban J connectivity index is 2.05. The Morgan fingerprint density at radius 1 is 1.00 bits per heavy atom. The summed E-state index contributed by atoms with van der Waals surface area (Å²) in [5.41, 5.74) is 1.51. The number of amides is 1. The molecule has 108 valence electrons. The van der Waals surface area contributed by atoms with Crippen LogP contribution in [0, 0.1) is 0 Å². The molecule has 1 amide bonds. The first-order valence-electron chi connectivity index (χ1n) is 5.85. The van der Waals surface area contributed by atoms with Crippen LogP contribution in [0.5, 0.6) is 0 Å². The summed E-state index contributed by atoms with van der Waals surface area (Å²) in [5, 5.41) is 3.71. The highest BCUT2D eigenvalue weighted by Gasteiger charge is 2.02. The maximum Gasteiger partial charge on any atom is 0.248 e. The van der Waals surface area contributed by atoms with Crippen molar-refractivity contribution >= 4 is 72.7 Å². The molecule has 1 N–H and O–H groups in total. The normalized spacial score (nSPS) is 10.9. The largest absolute Gasteiger partial charge is 0.322 e. The van der Waals surface area contributed by atoms with Crippen LogP contribution in [-0.2, 0) is 4.79 Å². The molecule has 2 aromatic carbocycles. The molecule has 2 aromatic rings. The highest BCUT2D eigenvalue weighted by molar-refractivity contribution is 9.13. The fraction of sp³-hybridized carbons (Fsp3) is 0. The first-order chi connectivity index (χ1) is 9.95. The third-order valence-electron chi connectivity index (χ3n) is 2.56. The molecule has 2 nitrogen and oxygen atoms in total. The van der Waals surface area contributed by atoms with Crippen LogP contribution < -0.4 is 5.32 Å². The van der Waals surface area contributed by atoms with Gasteiger partial charge in [-0.15, -0.1) is 0 Å².